The van der Waals surface area contributed by atoms with E-state index in [4.69, 9.17) is 28.4 Å². The van der Waals surface area contributed by atoms with Gasteiger partial charge in [0, 0.05) is 12.2 Å². The summed E-state index contributed by atoms with van der Waals surface area (Å²) in [5.41, 5.74) is 1.30. The fraction of sp³-hybridized carbons (Fsp3) is 0.333. The van der Waals surface area contributed by atoms with Gasteiger partial charge >= 0.3 is 0 Å². The Hall–Kier alpha value is -3.46. The van der Waals surface area contributed by atoms with E-state index in [0.717, 1.165) is 5.56 Å². The second-order valence-corrected chi connectivity index (χ2v) is 6.38. The minimum Gasteiger partial charge on any atom is -0.463 e. The number of nitrogens with zero attached hydrogens (tertiary/aromatic N) is 1. The molecule has 1 amide bonds. The first kappa shape index (κ1) is 19.8. The number of amidine groups is 1. The highest BCUT2D eigenvalue weighted by Gasteiger charge is 2.18. The van der Waals surface area contributed by atoms with Crippen molar-refractivity contribution in [2.75, 3.05) is 33.4 Å². The van der Waals surface area contributed by atoms with Crippen molar-refractivity contribution >= 4 is 11.9 Å². The van der Waals surface area contributed by atoms with Crippen LogP contribution >= 0.6 is 0 Å². The molecule has 0 bridgehead atoms. The molecule has 158 valence electrons. The third kappa shape index (κ3) is 4.74. The predicted octanol–water partition coefficient (Wildman–Crippen LogP) is 2.48. The Balaban J connectivity index is 1.44. The smallest absolute Gasteiger partial charge is 0.292 e. The number of ether oxygens (including phenoxy) is 6. The van der Waals surface area contributed by atoms with E-state index < -0.39 is 0 Å². The van der Waals surface area contributed by atoms with Gasteiger partial charge in [0.2, 0.25) is 13.6 Å². The van der Waals surface area contributed by atoms with Crippen LogP contribution in [0.15, 0.2) is 41.4 Å². The zero-order chi connectivity index (χ0) is 20.8. The van der Waals surface area contributed by atoms with Gasteiger partial charge in [-0.05, 0) is 42.8 Å². The van der Waals surface area contributed by atoms with Gasteiger partial charge in [-0.25, -0.2) is 4.99 Å². The first-order valence-corrected chi connectivity index (χ1v) is 9.57. The van der Waals surface area contributed by atoms with Gasteiger partial charge in [-0.15, -0.1) is 0 Å². The number of nitrogens with one attached hydrogen (secondary N) is 1. The highest BCUT2D eigenvalue weighted by molar-refractivity contribution is 6.04. The van der Waals surface area contributed by atoms with Crippen molar-refractivity contribution in [1.82, 2.24) is 5.32 Å². The van der Waals surface area contributed by atoms with E-state index >= 15 is 0 Å². The number of hydrogen-bond acceptors (Lipinski definition) is 8. The van der Waals surface area contributed by atoms with Crippen LogP contribution < -0.4 is 24.3 Å². The number of rotatable bonds is 7. The molecule has 2 aromatic rings. The van der Waals surface area contributed by atoms with E-state index in [-0.39, 0.29) is 32.1 Å². The van der Waals surface area contributed by atoms with Gasteiger partial charge in [0.15, 0.2) is 23.0 Å². The molecule has 0 saturated heterocycles. The van der Waals surface area contributed by atoms with E-state index in [2.05, 4.69) is 10.3 Å². The fourth-order valence-electron chi connectivity index (χ4n) is 2.87. The van der Waals surface area contributed by atoms with E-state index in [1.54, 1.807) is 18.2 Å². The van der Waals surface area contributed by atoms with Crippen molar-refractivity contribution in [2.24, 2.45) is 4.99 Å². The van der Waals surface area contributed by atoms with Gasteiger partial charge in [-0.3, -0.25) is 10.1 Å². The second-order valence-electron chi connectivity index (χ2n) is 6.38. The molecule has 0 fully saturated rings. The molecule has 0 unspecified atom stereocenters. The van der Waals surface area contributed by atoms with Crippen LogP contribution in [-0.4, -0.2) is 45.3 Å². The molecule has 2 aromatic carbocycles. The molecule has 4 rings (SSSR count). The lowest BCUT2D eigenvalue weighted by Gasteiger charge is -2.11. The summed E-state index contributed by atoms with van der Waals surface area (Å²) in [6, 6.07) is 10.6. The molecule has 0 spiro atoms. The van der Waals surface area contributed by atoms with E-state index in [1.165, 1.54) is 0 Å². The van der Waals surface area contributed by atoms with Crippen molar-refractivity contribution in [3.63, 3.8) is 0 Å². The lowest BCUT2D eigenvalue weighted by atomic mass is 10.2. The Bertz CT molecular complexity index is 945. The van der Waals surface area contributed by atoms with Gasteiger partial charge in [0.05, 0.1) is 13.2 Å². The minimum absolute atomic E-state index is 0.107. The molecular weight excluding hydrogens is 392 g/mol. The van der Waals surface area contributed by atoms with E-state index in [0.29, 0.717) is 48.3 Å². The number of aliphatic imine (C=N–C) groups is 1. The lowest BCUT2D eigenvalue weighted by Crippen LogP contribution is -2.33. The summed E-state index contributed by atoms with van der Waals surface area (Å²) in [5, 5.41) is 2.70. The number of amides is 1. The number of hydrogen-bond donors (Lipinski definition) is 1. The molecule has 9 nitrogen and oxygen atoms in total. The molecule has 0 aromatic heterocycles. The molecule has 0 atom stereocenters. The molecule has 2 aliphatic heterocycles. The van der Waals surface area contributed by atoms with Crippen LogP contribution in [0.1, 0.15) is 22.8 Å². The third-order valence-corrected chi connectivity index (χ3v) is 4.37. The maximum Gasteiger partial charge on any atom is 0.292 e. The van der Waals surface area contributed by atoms with Gasteiger partial charge < -0.3 is 28.4 Å². The maximum atomic E-state index is 12.7. The lowest BCUT2D eigenvalue weighted by molar-refractivity contribution is 0.0921. The average molecular weight is 414 g/mol. The quantitative estimate of drug-likeness (QED) is 0.422. The van der Waals surface area contributed by atoms with Gasteiger partial charge in [0.25, 0.3) is 11.9 Å². The Morgan fingerprint density at radius 1 is 0.967 bits per heavy atom. The SMILES string of the molecule is CCOCCOC(=NCc1ccc2c(c1)OCO2)NC(=O)c1ccc2c(c1)OCO2. The summed E-state index contributed by atoms with van der Waals surface area (Å²) in [4.78, 5) is 17.1. The van der Waals surface area contributed by atoms with Crippen LogP contribution in [0.3, 0.4) is 0 Å². The fourth-order valence-corrected chi connectivity index (χ4v) is 2.87. The molecule has 0 radical (unpaired) electrons. The number of carbonyl (C=O) groups excluding carboxylic acids is 1. The standard InChI is InChI=1S/C21H22N2O7/c1-2-25-7-8-26-21(22-11-14-3-5-16-18(9-14)29-12-27-16)23-20(24)15-4-6-17-19(10-15)30-13-28-17/h3-6,9-10H,2,7-8,11-13H2,1H3,(H,22,23,24). The van der Waals surface area contributed by atoms with E-state index in [9.17, 15) is 4.79 Å². The van der Waals surface area contributed by atoms with Crippen molar-refractivity contribution < 1.29 is 33.2 Å². The molecule has 0 aliphatic carbocycles. The highest BCUT2D eigenvalue weighted by Crippen LogP contribution is 2.33. The average Bonchev–Trinajstić information content (AvgIpc) is 3.42. The maximum absolute atomic E-state index is 12.7. The first-order chi connectivity index (χ1) is 14.7. The van der Waals surface area contributed by atoms with Crippen molar-refractivity contribution in [1.29, 1.82) is 0 Å². The summed E-state index contributed by atoms with van der Waals surface area (Å²) < 4.78 is 32.2. The Morgan fingerprint density at radius 3 is 2.43 bits per heavy atom. The van der Waals surface area contributed by atoms with Crippen LogP contribution in [0.25, 0.3) is 0 Å². The number of fused-ring (bicyclic) bond motifs is 2. The molecule has 0 saturated carbocycles. The number of benzene rings is 2. The summed E-state index contributed by atoms with van der Waals surface area (Å²) >= 11 is 0. The van der Waals surface area contributed by atoms with Crippen LogP contribution in [-0.2, 0) is 16.0 Å². The van der Waals surface area contributed by atoms with Crippen LogP contribution in [0.5, 0.6) is 23.0 Å². The van der Waals surface area contributed by atoms with E-state index in [1.807, 2.05) is 25.1 Å². The summed E-state index contributed by atoms with van der Waals surface area (Å²) in [6.07, 6.45) is 0. The largest absolute Gasteiger partial charge is 0.463 e. The van der Waals surface area contributed by atoms with Gasteiger partial charge in [-0.2, -0.15) is 0 Å². The summed E-state index contributed by atoms with van der Waals surface area (Å²) in [6.45, 7) is 3.77. The minimum atomic E-state index is -0.367. The molecule has 30 heavy (non-hydrogen) atoms. The monoisotopic (exact) mass is 414 g/mol. The van der Waals surface area contributed by atoms with Crippen molar-refractivity contribution in [3.05, 3.63) is 47.5 Å². The van der Waals surface area contributed by atoms with Gasteiger partial charge in [-0.1, -0.05) is 6.07 Å². The Morgan fingerprint density at radius 2 is 1.67 bits per heavy atom. The third-order valence-electron chi connectivity index (χ3n) is 4.37. The zero-order valence-electron chi connectivity index (χ0n) is 16.5. The highest BCUT2D eigenvalue weighted by atomic mass is 16.7. The van der Waals surface area contributed by atoms with Crippen molar-refractivity contribution in [2.45, 2.75) is 13.5 Å². The van der Waals surface area contributed by atoms with Crippen LogP contribution in [0, 0.1) is 0 Å². The van der Waals surface area contributed by atoms with Crippen LogP contribution in [0.4, 0.5) is 0 Å². The zero-order valence-corrected chi connectivity index (χ0v) is 16.5. The van der Waals surface area contributed by atoms with Crippen LogP contribution in [0.2, 0.25) is 0 Å². The molecule has 1 N–H and O–H groups in total. The molecule has 2 aliphatic rings. The summed E-state index contributed by atoms with van der Waals surface area (Å²) in [5.74, 6) is 2.14. The molecular formula is C21H22N2O7. The Kier molecular flexibility index (Phi) is 6.19. The second kappa shape index (κ2) is 9.36. The predicted molar refractivity (Wildman–Crippen MR) is 106 cm³/mol. The summed E-state index contributed by atoms with van der Waals surface area (Å²) in [7, 11) is 0. The van der Waals surface area contributed by atoms with Gasteiger partial charge in [0.1, 0.15) is 6.61 Å². The Labute approximate surface area is 173 Å². The molecule has 9 heteroatoms. The van der Waals surface area contributed by atoms with Crippen molar-refractivity contribution in [3.8, 4) is 23.0 Å². The number of carbonyl (C=O) groups is 1. The normalized spacial score (nSPS) is 14.0. The topological polar surface area (TPSA) is 96.8 Å². The molecule has 2 heterocycles. The first-order valence-electron chi connectivity index (χ1n) is 9.57.